The van der Waals surface area contributed by atoms with Gasteiger partial charge in [0.1, 0.15) is 5.58 Å². The molecule has 10 heteroatoms. The van der Waals surface area contributed by atoms with E-state index in [9.17, 15) is 18.0 Å². The fourth-order valence-electron chi connectivity index (χ4n) is 3.33. The zero-order valence-electron chi connectivity index (χ0n) is 17.4. The van der Waals surface area contributed by atoms with Crippen LogP contribution in [0.4, 0.5) is 11.5 Å². The van der Waals surface area contributed by atoms with Crippen LogP contribution in [-0.2, 0) is 10.0 Å². The van der Waals surface area contributed by atoms with E-state index in [0.29, 0.717) is 27.7 Å². The van der Waals surface area contributed by atoms with Gasteiger partial charge in [0.15, 0.2) is 17.0 Å². The number of hydrogen-bond acceptors (Lipinski definition) is 7. The summed E-state index contributed by atoms with van der Waals surface area (Å²) in [5, 5.41) is 2.96. The summed E-state index contributed by atoms with van der Waals surface area (Å²) in [5.41, 5.74) is 1.49. The standard InChI is InChI=1S/C24H16N4O5S/c29-20-13-22(33-21-8-4-1-5-17(20)21)24(30)26-15-9-11-16(12-10-15)34(31,32)28-23-14-25-18-6-2-3-7-19(18)27-23/h1-14H,(H,26,30)(H,27,28). The van der Waals surface area contributed by atoms with E-state index in [2.05, 4.69) is 20.0 Å². The Morgan fingerprint density at radius 3 is 2.38 bits per heavy atom. The maximum Gasteiger partial charge on any atom is 0.291 e. The monoisotopic (exact) mass is 472 g/mol. The van der Waals surface area contributed by atoms with Gasteiger partial charge in [0.25, 0.3) is 15.9 Å². The summed E-state index contributed by atoms with van der Waals surface area (Å²) in [6, 6.07) is 20.4. The summed E-state index contributed by atoms with van der Waals surface area (Å²) in [5.74, 6) is -0.706. The van der Waals surface area contributed by atoms with Crippen molar-refractivity contribution in [1.82, 2.24) is 9.97 Å². The molecule has 3 aromatic carbocycles. The van der Waals surface area contributed by atoms with Crippen LogP contribution in [-0.4, -0.2) is 24.3 Å². The number of nitrogens with one attached hydrogen (secondary N) is 2. The predicted molar refractivity (Wildman–Crippen MR) is 127 cm³/mol. The molecule has 0 aliphatic rings. The number of aromatic nitrogens is 2. The van der Waals surface area contributed by atoms with Gasteiger partial charge < -0.3 is 9.73 Å². The second kappa shape index (κ2) is 8.41. The quantitative estimate of drug-likeness (QED) is 0.398. The van der Waals surface area contributed by atoms with Crippen molar-refractivity contribution >= 4 is 49.4 Å². The van der Waals surface area contributed by atoms with E-state index in [1.807, 2.05) is 6.07 Å². The van der Waals surface area contributed by atoms with Crippen molar-refractivity contribution in [1.29, 1.82) is 0 Å². The molecular formula is C24H16N4O5S. The number of anilines is 2. The highest BCUT2D eigenvalue weighted by Gasteiger charge is 2.17. The van der Waals surface area contributed by atoms with Crippen LogP contribution < -0.4 is 15.5 Å². The maximum absolute atomic E-state index is 12.7. The molecule has 1 amide bonds. The number of carbonyl (C=O) groups is 1. The molecule has 0 bridgehead atoms. The largest absolute Gasteiger partial charge is 0.451 e. The van der Waals surface area contributed by atoms with Crippen LogP contribution in [0.2, 0.25) is 0 Å². The molecule has 0 saturated carbocycles. The van der Waals surface area contributed by atoms with Gasteiger partial charge in [0.05, 0.1) is 27.5 Å². The molecule has 0 aliphatic heterocycles. The number of rotatable bonds is 5. The van der Waals surface area contributed by atoms with Crippen molar-refractivity contribution in [2.24, 2.45) is 0 Å². The second-order valence-corrected chi connectivity index (χ2v) is 8.98. The van der Waals surface area contributed by atoms with Crippen LogP contribution in [0.3, 0.4) is 0 Å². The van der Waals surface area contributed by atoms with Crippen LogP contribution in [0.25, 0.3) is 22.0 Å². The molecule has 0 saturated heterocycles. The van der Waals surface area contributed by atoms with E-state index in [-0.39, 0.29) is 21.9 Å². The van der Waals surface area contributed by atoms with Crippen LogP contribution >= 0.6 is 0 Å². The molecule has 168 valence electrons. The smallest absolute Gasteiger partial charge is 0.291 e. The Morgan fingerprint density at radius 2 is 1.59 bits per heavy atom. The summed E-state index contributed by atoms with van der Waals surface area (Å²) in [7, 11) is -3.93. The highest BCUT2D eigenvalue weighted by Crippen LogP contribution is 2.19. The molecule has 0 fully saturated rings. The van der Waals surface area contributed by atoms with Crippen molar-refractivity contribution in [3.8, 4) is 0 Å². The third-order valence-corrected chi connectivity index (χ3v) is 6.34. The summed E-state index contributed by atoms with van der Waals surface area (Å²) in [6.07, 6.45) is 1.34. The zero-order chi connectivity index (χ0) is 23.7. The summed E-state index contributed by atoms with van der Waals surface area (Å²) in [6.45, 7) is 0. The molecule has 5 rings (SSSR count). The number of amides is 1. The molecule has 9 nitrogen and oxygen atoms in total. The molecular weight excluding hydrogens is 456 g/mol. The normalized spacial score (nSPS) is 11.4. The third kappa shape index (κ3) is 4.21. The lowest BCUT2D eigenvalue weighted by Gasteiger charge is -2.09. The van der Waals surface area contributed by atoms with E-state index in [1.54, 1.807) is 42.5 Å². The van der Waals surface area contributed by atoms with Gasteiger partial charge in [-0.05, 0) is 48.5 Å². The van der Waals surface area contributed by atoms with E-state index in [0.717, 1.165) is 6.07 Å². The Bertz CT molecular complexity index is 1710. The lowest BCUT2D eigenvalue weighted by Crippen LogP contribution is -2.16. The molecule has 0 atom stereocenters. The van der Waals surface area contributed by atoms with Gasteiger partial charge in [-0.15, -0.1) is 0 Å². The fraction of sp³-hybridized carbons (Fsp3) is 0. The van der Waals surface area contributed by atoms with E-state index < -0.39 is 15.9 Å². The van der Waals surface area contributed by atoms with Gasteiger partial charge in [-0.2, -0.15) is 0 Å². The Hall–Kier alpha value is -4.57. The number of fused-ring (bicyclic) bond motifs is 2. The van der Waals surface area contributed by atoms with Gasteiger partial charge in [-0.25, -0.2) is 13.4 Å². The van der Waals surface area contributed by atoms with Crippen molar-refractivity contribution in [3.05, 3.63) is 101 Å². The van der Waals surface area contributed by atoms with E-state index >= 15 is 0 Å². The molecule has 0 spiro atoms. The lowest BCUT2D eigenvalue weighted by atomic mass is 10.2. The fourth-order valence-corrected chi connectivity index (χ4v) is 4.31. The first kappa shape index (κ1) is 21.3. The average molecular weight is 472 g/mol. The summed E-state index contributed by atoms with van der Waals surface area (Å²) in [4.78, 5) is 33.2. The summed E-state index contributed by atoms with van der Waals surface area (Å²) >= 11 is 0. The highest BCUT2D eigenvalue weighted by molar-refractivity contribution is 7.92. The van der Waals surface area contributed by atoms with Gasteiger partial charge >= 0.3 is 0 Å². The molecule has 2 aromatic heterocycles. The molecule has 2 N–H and O–H groups in total. The number of carbonyl (C=O) groups excluding carboxylic acids is 1. The molecule has 5 aromatic rings. The first-order chi connectivity index (χ1) is 16.4. The van der Waals surface area contributed by atoms with E-state index in [4.69, 9.17) is 4.42 Å². The Balaban J connectivity index is 1.33. The first-order valence-electron chi connectivity index (χ1n) is 10.1. The molecule has 0 radical (unpaired) electrons. The van der Waals surface area contributed by atoms with Crippen LogP contribution in [0.1, 0.15) is 10.6 Å². The molecule has 34 heavy (non-hydrogen) atoms. The highest BCUT2D eigenvalue weighted by atomic mass is 32.2. The third-order valence-electron chi connectivity index (χ3n) is 4.97. The molecule has 2 heterocycles. The minimum atomic E-state index is -3.93. The SMILES string of the molecule is O=C(Nc1ccc(S(=O)(=O)Nc2cnc3ccccc3n2)cc1)c1cc(=O)c2ccccc2o1. The maximum atomic E-state index is 12.7. The van der Waals surface area contributed by atoms with Crippen molar-refractivity contribution in [2.45, 2.75) is 4.90 Å². The number of sulfonamides is 1. The van der Waals surface area contributed by atoms with Gasteiger partial charge in [0, 0.05) is 11.8 Å². The topological polar surface area (TPSA) is 131 Å². The van der Waals surface area contributed by atoms with Crippen LogP contribution in [0, 0.1) is 0 Å². The minimum Gasteiger partial charge on any atom is -0.451 e. The Kier molecular flexibility index (Phi) is 5.27. The van der Waals surface area contributed by atoms with Crippen LogP contribution in [0.15, 0.2) is 99.2 Å². The number of hydrogen-bond donors (Lipinski definition) is 2. The average Bonchev–Trinajstić information content (AvgIpc) is 2.84. The van der Waals surface area contributed by atoms with Crippen molar-refractivity contribution in [2.75, 3.05) is 10.0 Å². The minimum absolute atomic E-state index is 0.0299. The van der Waals surface area contributed by atoms with E-state index in [1.165, 1.54) is 30.5 Å². The van der Waals surface area contributed by atoms with Crippen LogP contribution in [0.5, 0.6) is 0 Å². The number of nitrogens with zero attached hydrogens (tertiary/aromatic N) is 2. The molecule has 0 aliphatic carbocycles. The zero-order valence-corrected chi connectivity index (χ0v) is 18.2. The number of benzene rings is 3. The van der Waals surface area contributed by atoms with Crippen molar-refractivity contribution in [3.63, 3.8) is 0 Å². The summed E-state index contributed by atoms with van der Waals surface area (Å²) < 4.78 is 33.4. The molecule has 0 unspecified atom stereocenters. The van der Waals surface area contributed by atoms with Gasteiger partial charge in [-0.1, -0.05) is 24.3 Å². The first-order valence-corrected chi connectivity index (χ1v) is 11.6. The predicted octanol–water partition coefficient (Wildman–Crippen LogP) is 3.79. The lowest BCUT2D eigenvalue weighted by molar-refractivity contribution is 0.0997. The number of para-hydroxylation sites is 3. The van der Waals surface area contributed by atoms with Gasteiger partial charge in [0.2, 0.25) is 0 Å². The Morgan fingerprint density at radius 1 is 0.882 bits per heavy atom. The second-order valence-electron chi connectivity index (χ2n) is 7.30. The Labute approximate surface area is 193 Å². The van der Waals surface area contributed by atoms with Crippen molar-refractivity contribution < 1.29 is 17.6 Å². The van der Waals surface area contributed by atoms with Gasteiger partial charge in [-0.3, -0.25) is 19.3 Å².